The fourth-order valence-electron chi connectivity index (χ4n) is 3.90. The summed E-state index contributed by atoms with van der Waals surface area (Å²) in [6.07, 6.45) is 0. The summed E-state index contributed by atoms with van der Waals surface area (Å²) in [5, 5.41) is 3.40. The first-order valence-electron chi connectivity index (χ1n) is 9.70. The number of nitrogens with one attached hydrogen (secondary N) is 1. The molecule has 1 atom stereocenters. The molecule has 1 heterocycles. The quantitative estimate of drug-likeness (QED) is 0.710. The van der Waals surface area contributed by atoms with Gasteiger partial charge in [0.15, 0.2) is 11.6 Å². The molecule has 0 amide bonds. The van der Waals surface area contributed by atoms with Gasteiger partial charge >= 0.3 is 0 Å². The van der Waals surface area contributed by atoms with Crippen molar-refractivity contribution in [3.8, 4) is 16.9 Å². The van der Waals surface area contributed by atoms with Gasteiger partial charge in [0, 0.05) is 26.2 Å². The van der Waals surface area contributed by atoms with Gasteiger partial charge in [0.1, 0.15) is 0 Å². The number of methoxy groups -OCH3 is 1. The van der Waals surface area contributed by atoms with Crippen molar-refractivity contribution in [1.82, 2.24) is 10.2 Å². The van der Waals surface area contributed by atoms with E-state index in [1.165, 1.54) is 23.8 Å². The van der Waals surface area contributed by atoms with Gasteiger partial charge in [-0.05, 0) is 34.4 Å². The van der Waals surface area contributed by atoms with Crippen LogP contribution >= 0.6 is 0 Å². The average molecular weight is 376 g/mol. The van der Waals surface area contributed by atoms with Crippen LogP contribution in [0.5, 0.6) is 5.75 Å². The van der Waals surface area contributed by atoms with Crippen molar-refractivity contribution in [1.29, 1.82) is 0 Å². The van der Waals surface area contributed by atoms with Gasteiger partial charge in [-0.3, -0.25) is 4.90 Å². The van der Waals surface area contributed by atoms with Crippen LogP contribution in [0.3, 0.4) is 0 Å². The Balaban J connectivity index is 1.70. The molecule has 3 aromatic rings. The number of hydrogen-bond donors (Lipinski definition) is 1. The monoisotopic (exact) mass is 376 g/mol. The SMILES string of the molecule is COc1ccc(C(c2ccc(-c3ccccc3)cc2)N2CCNCC2)cc1F. The molecule has 1 aliphatic rings. The number of halogens is 1. The molecule has 1 aliphatic heterocycles. The summed E-state index contributed by atoms with van der Waals surface area (Å²) < 4.78 is 19.5. The molecule has 0 aromatic heterocycles. The zero-order chi connectivity index (χ0) is 19.3. The zero-order valence-electron chi connectivity index (χ0n) is 16.1. The minimum atomic E-state index is -0.318. The first-order chi connectivity index (χ1) is 13.8. The minimum Gasteiger partial charge on any atom is -0.494 e. The van der Waals surface area contributed by atoms with Crippen molar-refractivity contribution in [2.75, 3.05) is 33.3 Å². The Labute approximate surface area is 165 Å². The average Bonchev–Trinajstić information content (AvgIpc) is 2.76. The maximum Gasteiger partial charge on any atom is 0.165 e. The summed E-state index contributed by atoms with van der Waals surface area (Å²) in [5.74, 6) is -0.0386. The van der Waals surface area contributed by atoms with Crippen LogP contribution in [-0.4, -0.2) is 38.2 Å². The van der Waals surface area contributed by atoms with Crippen LogP contribution in [0.1, 0.15) is 17.2 Å². The molecule has 1 unspecified atom stereocenters. The first kappa shape index (κ1) is 18.7. The third-order valence-electron chi connectivity index (χ3n) is 5.34. The van der Waals surface area contributed by atoms with Crippen molar-refractivity contribution >= 4 is 0 Å². The Hall–Kier alpha value is -2.69. The van der Waals surface area contributed by atoms with E-state index in [0.717, 1.165) is 31.7 Å². The molecule has 0 radical (unpaired) electrons. The summed E-state index contributed by atoms with van der Waals surface area (Å²) in [6.45, 7) is 3.74. The number of rotatable bonds is 5. The fourth-order valence-corrected chi connectivity index (χ4v) is 3.90. The van der Waals surface area contributed by atoms with Crippen molar-refractivity contribution in [3.05, 3.63) is 89.7 Å². The van der Waals surface area contributed by atoms with E-state index in [1.54, 1.807) is 12.1 Å². The lowest BCUT2D eigenvalue weighted by atomic mass is 9.94. The lowest BCUT2D eigenvalue weighted by molar-refractivity contribution is 0.198. The van der Waals surface area contributed by atoms with E-state index >= 15 is 0 Å². The molecule has 3 aromatic carbocycles. The third-order valence-corrected chi connectivity index (χ3v) is 5.34. The second kappa shape index (κ2) is 8.55. The van der Waals surface area contributed by atoms with E-state index < -0.39 is 0 Å². The van der Waals surface area contributed by atoms with Gasteiger partial charge in [-0.15, -0.1) is 0 Å². The second-order valence-corrected chi connectivity index (χ2v) is 7.07. The summed E-state index contributed by atoms with van der Waals surface area (Å²) in [5.41, 5.74) is 4.51. The van der Waals surface area contributed by atoms with Crippen LogP contribution in [0, 0.1) is 5.82 Å². The summed E-state index contributed by atoms with van der Waals surface area (Å²) in [6, 6.07) is 24.3. The van der Waals surface area contributed by atoms with Crippen LogP contribution in [-0.2, 0) is 0 Å². The molecule has 0 bridgehead atoms. The Morgan fingerprint density at radius 3 is 2.14 bits per heavy atom. The maximum atomic E-state index is 14.4. The van der Waals surface area contributed by atoms with E-state index in [-0.39, 0.29) is 17.6 Å². The lowest BCUT2D eigenvalue weighted by Gasteiger charge is -2.35. The predicted molar refractivity (Wildman–Crippen MR) is 111 cm³/mol. The van der Waals surface area contributed by atoms with E-state index in [9.17, 15) is 4.39 Å². The largest absolute Gasteiger partial charge is 0.494 e. The highest BCUT2D eigenvalue weighted by Gasteiger charge is 2.25. The van der Waals surface area contributed by atoms with Gasteiger partial charge in [0.2, 0.25) is 0 Å². The molecular weight excluding hydrogens is 351 g/mol. The van der Waals surface area contributed by atoms with Gasteiger partial charge in [-0.2, -0.15) is 0 Å². The topological polar surface area (TPSA) is 24.5 Å². The van der Waals surface area contributed by atoms with E-state index in [4.69, 9.17) is 4.74 Å². The zero-order valence-corrected chi connectivity index (χ0v) is 16.1. The minimum absolute atomic E-state index is 0.0207. The molecule has 144 valence electrons. The number of piperazine rings is 1. The molecule has 4 rings (SSSR count). The van der Waals surface area contributed by atoms with Gasteiger partial charge in [-0.25, -0.2) is 4.39 Å². The van der Waals surface area contributed by atoms with Crippen LogP contribution < -0.4 is 10.1 Å². The smallest absolute Gasteiger partial charge is 0.165 e. The van der Waals surface area contributed by atoms with Crippen molar-refractivity contribution in [3.63, 3.8) is 0 Å². The number of hydrogen-bond acceptors (Lipinski definition) is 3. The Bertz CT molecular complexity index is 906. The third kappa shape index (κ3) is 3.93. The van der Waals surface area contributed by atoms with Crippen LogP contribution in [0.2, 0.25) is 0 Å². The van der Waals surface area contributed by atoms with Crippen molar-refractivity contribution < 1.29 is 9.13 Å². The predicted octanol–water partition coefficient (Wildman–Crippen LogP) is 4.50. The molecule has 0 saturated carbocycles. The Morgan fingerprint density at radius 1 is 0.857 bits per heavy atom. The summed E-state index contributed by atoms with van der Waals surface area (Å²) in [4.78, 5) is 2.41. The molecule has 1 fully saturated rings. The highest BCUT2D eigenvalue weighted by molar-refractivity contribution is 5.63. The second-order valence-electron chi connectivity index (χ2n) is 7.07. The van der Waals surface area contributed by atoms with E-state index in [0.29, 0.717) is 0 Å². The summed E-state index contributed by atoms with van der Waals surface area (Å²) >= 11 is 0. The fraction of sp³-hybridized carbons (Fsp3) is 0.250. The molecular formula is C24H25FN2O. The van der Waals surface area contributed by atoms with Gasteiger partial charge in [-0.1, -0.05) is 60.7 Å². The van der Waals surface area contributed by atoms with Gasteiger partial charge in [0.25, 0.3) is 0 Å². The molecule has 3 nitrogen and oxygen atoms in total. The van der Waals surface area contributed by atoms with Gasteiger partial charge < -0.3 is 10.1 Å². The molecule has 0 aliphatic carbocycles. The van der Waals surface area contributed by atoms with Crippen molar-refractivity contribution in [2.45, 2.75) is 6.04 Å². The molecule has 28 heavy (non-hydrogen) atoms. The van der Waals surface area contributed by atoms with Crippen molar-refractivity contribution in [2.24, 2.45) is 0 Å². The van der Waals surface area contributed by atoms with Crippen LogP contribution in [0.4, 0.5) is 4.39 Å². The molecule has 1 N–H and O–H groups in total. The lowest BCUT2D eigenvalue weighted by Crippen LogP contribution is -2.45. The van der Waals surface area contributed by atoms with Crippen LogP contribution in [0.25, 0.3) is 11.1 Å². The Morgan fingerprint density at radius 2 is 1.50 bits per heavy atom. The van der Waals surface area contributed by atoms with E-state index in [2.05, 4.69) is 46.6 Å². The molecule has 0 spiro atoms. The van der Waals surface area contributed by atoms with E-state index in [1.807, 2.05) is 24.3 Å². The first-order valence-corrected chi connectivity index (χ1v) is 9.70. The number of nitrogens with zero attached hydrogens (tertiary/aromatic N) is 1. The highest BCUT2D eigenvalue weighted by atomic mass is 19.1. The number of ether oxygens (including phenoxy) is 1. The standard InChI is InChI=1S/C24H25FN2O/c1-28-23-12-11-21(17-22(23)25)24(27-15-13-26-14-16-27)20-9-7-19(8-10-20)18-5-3-2-4-6-18/h2-12,17,24,26H,13-16H2,1H3. The normalized spacial score (nSPS) is 15.9. The van der Waals surface area contributed by atoms with Crippen LogP contribution in [0.15, 0.2) is 72.8 Å². The summed E-state index contributed by atoms with van der Waals surface area (Å²) in [7, 11) is 1.49. The molecule has 1 saturated heterocycles. The Kier molecular flexibility index (Phi) is 5.70. The maximum absolute atomic E-state index is 14.4. The van der Waals surface area contributed by atoms with Gasteiger partial charge in [0.05, 0.1) is 13.2 Å². The molecule has 4 heteroatoms. The number of benzene rings is 3. The highest BCUT2D eigenvalue weighted by Crippen LogP contribution is 2.32.